The molecule has 1 heterocycles. The molecule has 0 bridgehead atoms. The van der Waals surface area contributed by atoms with E-state index in [0.717, 1.165) is 12.2 Å². The van der Waals surface area contributed by atoms with Crippen molar-refractivity contribution in [3.05, 3.63) is 10.6 Å². The molecule has 1 N–H and O–H groups in total. The molecule has 1 atom stereocenters. The summed E-state index contributed by atoms with van der Waals surface area (Å²) in [4.78, 5) is 0. The van der Waals surface area contributed by atoms with Gasteiger partial charge in [-0.1, -0.05) is 20.8 Å². The number of rotatable bonds is 5. The van der Waals surface area contributed by atoms with Crippen LogP contribution in [-0.4, -0.2) is 28.5 Å². The molecule has 0 spiro atoms. The Labute approximate surface area is 95.7 Å². The summed E-state index contributed by atoms with van der Waals surface area (Å²) < 4.78 is 7.96. The first kappa shape index (κ1) is 12.4. The van der Waals surface area contributed by atoms with Gasteiger partial charge in [-0.05, 0) is 18.6 Å². The first-order valence-corrected chi connectivity index (χ1v) is 5.68. The molecule has 1 aromatic rings. The van der Waals surface area contributed by atoms with Crippen LogP contribution in [0.4, 0.5) is 0 Å². The van der Waals surface area contributed by atoms with E-state index < -0.39 is 0 Å². The molecule has 0 aromatic carbocycles. The molecule has 4 nitrogen and oxygen atoms in total. The summed E-state index contributed by atoms with van der Waals surface area (Å²) in [6.07, 6.45) is 0.988. The molecule has 0 aliphatic rings. The van der Waals surface area contributed by atoms with Gasteiger partial charge in [0, 0.05) is 13.0 Å². The van der Waals surface area contributed by atoms with Crippen LogP contribution >= 0.6 is 12.2 Å². The van der Waals surface area contributed by atoms with Gasteiger partial charge in [-0.25, -0.2) is 0 Å². The van der Waals surface area contributed by atoms with Gasteiger partial charge in [-0.2, -0.15) is 5.10 Å². The van der Waals surface area contributed by atoms with E-state index >= 15 is 0 Å². The quantitative estimate of drug-likeness (QED) is 0.789. The lowest BCUT2D eigenvalue weighted by Crippen LogP contribution is -2.17. The van der Waals surface area contributed by atoms with E-state index in [2.05, 4.69) is 35.5 Å². The third-order valence-electron chi connectivity index (χ3n) is 2.44. The van der Waals surface area contributed by atoms with Gasteiger partial charge in [0.15, 0.2) is 4.77 Å². The van der Waals surface area contributed by atoms with Gasteiger partial charge in [-0.15, -0.1) is 0 Å². The normalized spacial score (nSPS) is 13.4. The highest BCUT2D eigenvalue weighted by Crippen LogP contribution is 2.19. The van der Waals surface area contributed by atoms with E-state index in [0.29, 0.717) is 17.3 Å². The van der Waals surface area contributed by atoms with E-state index in [1.165, 1.54) is 0 Å². The number of methoxy groups -OCH3 is 1. The lowest BCUT2D eigenvalue weighted by atomic mass is 10.1. The van der Waals surface area contributed by atoms with Gasteiger partial charge in [0.05, 0.1) is 12.6 Å². The van der Waals surface area contributed by atoms with E-state index in [4.69, 9.17) is 17.0 Å². The number of aromatic amines is 1. The number of aromatic nitrogens is 3. The molecule has 0 saturated heterocycles. The SMILES string of the molecule is CCC(COC)n1c(C(C)C)n[nH]c1=S. The zero-order chi connectivity index (χ0) is 11.4. The van der Waals surface area contributed by atoms with Gasteiger partial charge in [0.1, 0.15) is 5.82 Å². The summed E-state index contributed by atoms with van der Waals surface area (Å²) in [6, 6.07) is 0.277. The third-order valence-corrected chi connectivity index (χ3v) is 2.73. The summed E-state index contributed by atoms with van der Waals surface area (Å²) in [5, 5.41) is 7.11. The van der Waals surface area contributed by atoms with Gasteiger partial charge < -0.3 is 4.74 Å². The third kappa shape index (κ3) is 2.66. The molecule has 0 fully saturated rings. The number of H-pyrrole nitrogens is 1. The van der Waals surface area contributed by atoms with Crippen molar-refractivity contribution in [3.8, 4) is 0 Å². The Morgan fingerprint density at radius 1 is 1.53 bits per heavy atom. The monoisotopic (exact) mass is 229 g/mol. The second-order valence-corrected chi connectivity index (χ2v) is 4.32. The summed E-state index contributed by atoms with van der Waals surface area (Å²) in [6.45, 7) is 7.02. The minimum absolute atomic E-state index is 0.277. The fourth-order valence-corrected chi connectivity index (χ4v) is 1.93. The van der Waals surface area contributed by atoms with Crippen molar-refractivity contribution in [3.63, 3.8) is 0 Å². The van der Waals surface area contributed by atoms with Crippen molar-refractivity contribution >= 4 is 12.2 Å². The number of ether oxygens (including phenoxy) is 1. The van der Waals surface area contributed by atoms with Crippen LogP contribution in [0, 0.1) is 4.77 Å². The molecule has 0 aliphatic heterocycles. The first-order chi connectivity index (χ1) is 7.11. The highest BCUT2D eigenvalue weighted by molar-refractivity contribution is 7.71. The van der Waals surface area contributed by atoms with E-state index in [-0.39, 0.29) is 6.04 Å². The Morgan fingerprint density at radius 3 is 2.67 bits per heavy atom. The fourth-order valence-electron chi connectivity index (χ4n) is 1.64. The number of hydrogen-bond acceptors (Lipinski definition) is 3. The zero-order valence-corrected chi connectivity index (χ0v) is 10.6. The molecule has 0 aliphatic carbocycles. The number of nitrogens with zero attached hydrogens (tertiary/aromatic N) is 2. The van der Waals surface area contributed by atoms with Gasteiger partial charge in [-0.3, -0.25) is 9.67 Å². The van der Waals surface area contributed by atoms with Crippen LogP contribution in [-0.2, 0) is 4.74 Å². The molecule has 1 aromatic heterocycles. The van der Waals surface area contributed by atoms with Crippen LogP contribution in [0.1, 0.15) is 45.0 Å². The van der Waals surface area contributed by atoms with Crippen molar-refractivity contribution in [1.82, 2.24) is 14.8 Å². The minimum Gasteiger partial charge on any atom is -0.383 e. The van der Waals surface area contributed by atoms with E-state index in [9.17, 15) is 0 Å². The van der Waals surface area contributed by atoms with Crippen molar-refractivity contribution in [2.75, 3.05) is 13.7 Å². The van der Waals surface area contributed by atoms with Gasteiger partial charge >= 0.3 is 0 Å². The predicted octanol–water partition coefficient (Wildman–Crippen LogP) is 2.66. The second kappa shape index (κ2) is 5.42. The Balaban J connectivity index is 3.09. The predicted molar refractivity (Wildman–Crippen MR) is 62.7 cm³/mol. The number of nitrogens with one attached hydrogen (secondary N) is 1. The summed E-state index contributed by atoms with van der Waals surface area (Å²) >= 11 is 5.24. The highest BCUT2D eigenvalue weighted by Gasteiger charge is 2.17. The second-order valence-electron chi connectivity index (χ2n) is 3.93. The molecule has 1 unspecified atom stereocenters. The summed E-state index contributed by atoms with van der Waals surface area (Å²) in [5.74, 6) is 1.37. The lowest BCUT2D eigenvalue weighted by molar-refractivity contribution is 0.150. The number of hydrogen-bond donors (Lipinski definition) is 1. The largest absolute Gasteiger partial charge is 0.383 e. The van der Waals surface area contributed by atoms with Crippen molar-refractivity contribution in [1.29, 1.82) is 0 Å². The topological polar surface area (TPSA) is 42.8 Å². The van der Waals surface area contributed by atoms with Crippen LogP contribution in [0.15, 0.2) is 0 Å². The Bertz CT molecular complexity index is 356. The van der Waals surface area contributed by atoms with Crippen LogP contribution in [0.5, 0.6) is 0 Å². The molecule has 5 heteroatoms. The lowest BCUT2D eigenvalue weighted by Gasteiger charge is -2.18. The van der Waals surface area contributed by atoms with E-state index in [1.54, 1.807) is 7.11 Å². The maximum Gasteiger partial charge on any atom is 0.195 e. The Hall–Kier alpha value is -0.680. The average Bonchev–Trinajstić information content (AvgIpc) is 2.57. The molecule has 1 rings (SSSR count). The van der Waals surface area contributed by atoms with Crippen LogP contribution in [0.2, 0.25) is 0 Å². The first-order valence-electron chi connectivity index (χ1n) is 5.27. The molecule has 86 valence electrons. The average molecular weight is 229 g/mol. The zero-order valence-electron chi connectivity index (χ0n) is 9.78. The van der Waals surface area contributed by atoms with E-state index in [1.807, 2.05) is 0 Å². The molecule has 0 amide bonds. The summed E-state index contributed by atoms with van der Waals surface area (Å²) in [5.41, 5.74) is 0. The summed E-state index contributed by atoms with van der Waals surface area (Å²) in [7, 11) is 1.71. The maximum absolute atomic E-state index is 5.24. The van der Waals surface area contributed by atoms with Gasteiger partial charge in [0.2, 0.25) is 0 Å². The van der Waals surface area contributed by atoms with Crippen molar-refractivity contribution in [2.24, 2.45) is 0 Å². The van der Waals surface area contributed by atoms with Gasteiger partial charge in [0.25, 0.3) is 0 Å². The maximum atomic E-state index is 5.24. The van der Waals surface area contributed by atoms with Crippen molar-refractivity contribution in [2.45, 2.75) is 39.2 Å². The van der Waals surface area contributed by atoms with Crippen LogP contribution in [0.3, 0.4) is 0 Å². The standard InChI is InChI=1S/C10H19N3OS/c1-5-8(6-14-4)13-9(7(2)3)11-12-10(13)15/h7-8H,5-6H2,1-4H3,(H,12,15). The Kier molecular flexibility index (Phi) is 4.47. The molecule has 0 radical (unpaired) electrons. The fraction of sp³-hybridized carbons (Fsp3) is 0.800. The Morgan fingerprint density at radius 2 is 2.20 bits per heavy atom. The van der Waals surface area contributed by atoms with Crippen molar-refractivity contribution < 1.29 is 4.74 Å². The molecule has 15 heavy (non-hydrogen) atoms. The van der Waals surface area contributed by atoms with Crippen LogP contribution in [0.25, 0.3) is 0 Å². The van der Waals surface area contributed by atoms with Crippen LogP contribution < -0.4 is 0 Å². The minimum atomic E-state index is 0.277. The molecular formula is C10H19N3OS. The molecular weight excluding hydrogens is 210 g/mol. The smallest absolute Gasteiger partial charge is 0.195 e. The molecule has 0 saturated carbocycles. The highest BCUT2D eigenvalue weighted by atomic mass is 32.1.